The minimum atomic E-state index is -0.833. The molecule has 12 heavy (non-hydrogen) atoms. The maximum atomic E-state index is 9.00. The lowest BCUT2D eigenvalue weighted by Crippen LogP contribution is -1.80. The highest BCUT2D eigenvalue weighted by Crippen LogP contribution is 2.03. The van der Waals surface area contributed by atoms with E-state index in [1.54, 1.807) is 11.8 Å². The van der Waals surface area contributed by atoms with Crippen LogP contribution in [0, 0.1) is 0 Å². The summed E-state index contributed by atoms with van der Waals surface area (Å²) in [6.45, 7) is 3.27. The molecule has 4 heteroatoms. The number of hydrogen-bond donors (Lipinski definition) is 2. The van der Waals surface area contributed by atoms with Crippen LogP contribution in [0.25, 0.3) is 0 Å². The van der Waals surface area contributed by atoms with Crippen LogP contribution in [0.2, 0.25) is 0 Å². The van der Waals surface area contributed by atoms with Crippen molar-refractivity contribution < 1.29 is 15.0 Å². The zero-order valence-corrected chi connectivity index (χ0v) is 8.56. The van der Waals surface area contributed by atoms with Crippen molar-refractivity contribution in [3.05, 3.63) is 0 Å². The van der Waals surface area contributed by atoms with Gasteiger partial charge in [0.2, 0.25) is 0 Å². The molecule has 0 atom stereocenters. The summed E-state index contributed by atoms with van der Waals surface area (Å²) in [7, 11) is 0. The normalized spacial score (nSPS) is 8.58. The minimum Gasteiger partial charge on any atom is -0.481 e. The summed E-state index contributed by atoms with van der Waals surface area (Å²) in [5.41, 5.74) is 0. The standard InChI is InChI=1S/C6H14OS.C2H4O2/c1-2-3-4-5-8-6-7;1-2(3)4/h7H,2-6H2,1H3;1H3,(H,3,4). The minimum absolute atomic E-state index is 0.281. The molecule has 2 N–H and O–H groups in total. The quantitative estimate of drug-likeness (QED) is 0.519. The van der Waals surface area contributed by atoms with Gasteiger partial charge in [-0.3, -0.25) is 4.79 Å². The Bertz CT molecular complexity index is 86.3. The lowest BCUT2D eigenvalue weighted by Gasteiger charge is -1.93. The van der Waals surface area contributed by atoms with E-state index in [9.17, 15) is 0 Å². The summed E-state index contributed by atoms with van der Waals surface area (Å²) < 4.78 is 0. The Labute approximate surface area is 78.2 Å². The molecular formula is C8H18O3S. The number of thioether (sulfide) groups is 1. The summed E-state index contributed by atoms with van der Waals surface area (Å²) >= 11 is 1.60. The second-order valence-electron chi connectivity index (χ2n) is 2.26. The molecular weight excluding hydrogens is 176 g/mol. The van der Waals surface area contributed by atoms with Crippen molar-refractivity contribution in [2.24, 2.45) is 0 Å². The zero-order chi connectivity index (χ0) is 9.82. The van der Waals surface area contributed by atoms with Crippen LogP contribution in [-0.4, -0.2) is 27.9 Å². The van der Waals surface area contributed by atoms with E-state index in [1.165, 1.54) is 19.3 Å². The molecule has 0 aliphatic rings. The van der Waals surface area contributed by atoms with Crippen LogP contribution < -0.4 is 0 Å². The lowest BCUT2D eigenvalue weighted by molar-refractivity contribution is -0.134. The van der Waals surface area contributed by atoms with E-state index in [0.29, 0.717) is 0 Å². The average Bonchev–Trinajstić information content (AvgIpc) is 1.97. The van der Waals surface area contributed by atoms with Gasteiger partial charge in [-0.2, -0.15) is 0 Å². The van der Waals surface area contributed by atoms with Crippen LogP contribution in [0.3, 0.4) is 0 Å². The van der Waals surface area contributed by atoms with Crippen LogP contribution in [0.4, 0.5) is 0 Å². The number of rotatable bonds is 5. The molecule has 0 bridgehead atoms. The highest BCUT2D eigenvalue weighted by molar-refractivity contribution is 7.99. The first-order chi connectivity index (χ1) is 5.65. The van der Waals surface area contributed by atoms with Gasteiger partial charge in [-0.05, 0) is 12.2 Å². The summed E-state index contributed by atoms with van der Waals surface area (Å²) in [4.78, 5) is 9.00. The van der Waals surface area contributed by atoms with Gasteiger partial charge in [0.1, 0.15) is 0 Å². The van der Waals surface area contributed by atoms with Crippen molar-refractivity contribution in [2.45, 2.75) is 33.1 Å². The predicted octanol–water partition coefficient (Wildman–Crippen LogP) is 1.95. The van der Waals surface area contributed by atoms with Crippen molar-refractivity contribution in [3.8, 4) is 0 Å². The molecule has 0 aromatic carbocycles. The third-order valence-electron chi connectivity index (χ3n) is 0.984. The second kappa shape index (κ2) is 13.4. The van der Waals surface area contributed by atoms with Gasteiger partial charge in [-0.1, -0.05) is 19.8 Å². The van der Waals surface area contributed by atoms with E-state index >= 15 is 0 Å². The fraction of sp³-hybridized carbons (Fsp3) is 0.875. The number of carboxylic acid groups (broad SMARTS) is 1. The Kier molecular flexibility index (Phi) is 16.0. The predicted molar refractivity (Wildman–Crippen MR) is 52.4 cm³/mol. The maximum absolute atomic E-state index is 9.00. The van der Waals surface area contributed by atoms with Crippen molar-refractivity contribution in [1.29, 1.82) is 0 Å². The van der Waals surface area contributed by atoms with Gasteiger partial charge in [-0.25, -0.2) is 0 Å². The number of carbonyl (C=O) groups is 1. The van der Waals surface area contributed by atoms with E-state index < -0.39 is 5.97 Å². The SMILES string of the molecule is CC(=O)O.CCCCCSCO. The molecule has 0 heterocycles. The summed E-state index contributed by atoms with van der Waals surface area (Å²) in [5, 5.41) is 15.7. The Balaban J connectivity index is 0. The van der Waals surface area contributed by atoms with E-state index in [-0.39, 0.29) is 5.94 Å². The maximum Gasteiger partial charge on any atom is 0.300 e. The largest absolute Gasteiger partial charge is 0.481 e. The van der Waals surface area contributed by atoms with E-state index in [4.69, 9.17) is 15.0 Å². The number of hydrogen-bond acceptors (Lipinski definition) is 3. The molecule has 3 nitrogen and oxygen atoms in total. The number of unbranched alkanes of at least 4 members (excludes halogenated alkanes) is 2. The Morgan fingerprint density at radius 2 is 1.92 bits per heavy atom. The molecule has 0 radical (unpaired) electrons. The van der Waals surface area contributed by atoms with Gasteiger partial charge in [-0.15, -0.1) is 11.8 Å². The summed E-state index contributed by atoms with van der Waals surface area (Å²) in [6, 6.07) is 0. The molecule has 0 spiro atoms. The molecule has 0 saturated heterocycles. The Hall–Kier alpha value is -0.220. The molecule has 0 saturated carbocycles. The van der Waals surface area contributed by atoms with Crippen LogP contribution in [0.15, 0.2) is 0 Å². The number of aliphatic carboxylic acids is 1. The molecule has 0 rings (SSSR count). The van der Waals surface area contributed by atoms with E-state index in [1.807, 2.05) is 0 Å². The van der Waals surface area contributed by atoms with Crippen LogP contribution in [-0.2, 0) is 4.79 Å². The third-order valence-corrected chi connectivity index (χ3v) is 1.74. The molecule has 0 aromatic heterocycles. The van der Waals surface area contributed by atoms with Crippen molar-refractivity contribution in [1.82, 2.24) is 0 Å². The van der Waals surface area contributed by atoms with Gasteiger partial charge < -0.3 is 10.2 Å². The smallest absolute Gasteiger partial charge is 0.300 e. The number of aliphatic hydroxyl groups excluding tert-OH is 1. The van der Waals surface area contributed by atoms with Crippen molar-refractivity contribution >= 4 is 17.7 Å². The van der Waals surface area contributed by atoms with Gasteiger partial charge in [0, 0.05) is 6.92 Å². The van der Waals surface area contributed by atoms with Gasteiger partial charge >= 0.3 is 0 Å². The average molecular weight is 194 g/mol. The van der Waals surface area contributed by atoms with Crippen molar-refractivity contribution in [2.75, 3.05) is 11.7 Å². The first kappa shape index (κ1) is 14.3. The monoisotopic (exact) mass is 194 g/mol. The van der Waals surface area contributed by atoms with Gasteiger partial charge in [0.05, 0.1) is 5.94 Å². The molecule has 0 amide bonds. The lowest BCUT2D eigenvalue weighted by atomic mass is 10.3. The highest BCUT2D eigenvalue weighted by atomic mass is 32.2. The van der Waals surface area contributed by atoms with E-state index in [0.717, 1.165) is 12.7 Å². The fourth-order valence-corrected chi connectivity index (χ4v) is 1.06. The zero-order valence-electron chi connectivity index (χ0n) is 7.75. The second-order valence-corrected chi connectivity index (χ2v) is 3.34. The van der Waals surface area contributed by atoms with E-state index in [2.05, 4.69) is 6.92 Å². The topological polar surface area (TPSA) is 57.5 Å². The summed E-state index contributed by atoms with van der Waals surface area (Å²) in [6.07, 6.45) is 3.82. The molecule has 74 valence electrons. The third kappa shape index (κ3) is 33.0. The molecule has 0 aromatic rings. The van der Waals surface area contributed by atoms with Gasteiger partial charge in [0.25, 0.3) is 5.97 Å². The molecule has 0 fully saturated rings. The number of carboxylic acids is 1. The molecule has 0 aliphatic carbocycles. The molecule has 0 unspecified atom stereocenters. The van der Waals surface area contributed by atoms with Crippen LogP contribution >= 0.6 is 11.8 Å². The molecule has 0 aliphatic heterocycles. The number of aliphatic hydroxyl groups is 1. The first-order valence-electron chi connectivity index (χ1n) is 4.03. The van der Waals surface area contributed by atoms with Gasteiger partial charge in [0.15, 0.2) is 0 Å². The highest BCUT2D eigenvalue weighted by Gasteiger charge is 1.84. The van der Waals surface area contributed by atoms with Crippen LogP contribution in [0.5, 0.6) is 0 Å². The Morgan fingerprint density at radius 3 is 2.25 bits per heavy atom. The first-order valence-corrected chi connectivity index (χ1v) is 5.18. The van der Waals surface area contributed by atoms with Crippen LogP contribution in [0.1, 0.15) is 33.1 Å². The Morgan fingerprint density at radius 1 is 1.42 bits per heavy atom. The van der Waals surface area contributed by atoms with Crippen molar-refractivity contribution in [3.63, 3.8) is 0 Å². The fourth-order valence-electron chi connectivity index (χ4n) is 0.519. The summed E-state index contributed by atoms with van der Waals surface area (Å²) in [5.74, 6) is 0.564.